The van der Waals surface area contributed by atoms with E-state index in [0.717, 1.165) is 12.7 Å². The van der Waals surface area contributed by atoms with Gasteiger partial charge in [-0.15, -0.1) is 0 Å². The largest absolute Gasteiger partial charge is 0.452 e. The van der Waals surface area contributed by atoms with E-state index < -0.39 is 16.3 Å². The predicted molar refractivity (Wildman–Crippen MR) is 73.2 cm³/mol. The van der Waals surface area contributed by atoms with Crippen LogP contribution in [-0.4, -0.2) is 33.3 Å². The Bertz CT molecular complexity index is 658. The lowest BCUT2D eigenvalue weighted by Gasteiger charge is -2.09. The van der Waals surface area contributed by atoms with Crippen LogP contribution < -0.4 is 9.44 Å². The summed E-state index contributed by atoms with van der Waals surface area (Å²) < 4.78 is 31.1. The van der Waals surface area contributed by atoms with Gasteiger partial charge in [0, 0.05) is 5.56 Å². The minimum absolute atomic E-state index is 0.253. The number of carbonyl (C=O) groups is 1. The van der Waals surface area contributed by atoms with Gasteiger partial charge in [0.1, 0.15) is 6.61 Å². The summed E-state index contributed by atoms with van der Waals surface area (Å²) in [6.45, 7) is 1.49. The van der Waals surface area contributed by atoms with Crippen molar-refractivity contribution >= 4 is 22.0 Å². The molecule has 0 fully saturated rings. The zero-order valence-electron chi connectivity index (χ0n) is 10.9. The topological polar surface area (TPSA) is 105 Å². The van der Waals surface area contributed by atoms with Crippen LogP contribution in [0.1, 0.15) is 11.1 Å². The Balaban J connectivity index is 2.89. The van der Waals surface area contributed by atoms with Crippen molar-refractivity contribution < 1.29 is 23.1 Å². The van der Waals surface area contributed by atoms with Gasteiger partial charge in [-0.1, -0.05) is 11.8 Å². The van der Waals surface area contributed by atoms with Crippen LogP contribution in [0, 0.1) is 18.8 Å². The number of aryl methyl sites for hydroxylation is 1. The Labute approximate surface area is 117 Å². The average Bonchev–Trinajstić information content (AvgIpc) is 2.36. The van der Waals surface area contributed by atoms with Crippen LogP contribution in [0.2, 0.25) is 0 Å². The molecule has 3 N–H and O–H groups in total. The number of rotatable bonds is 3. The number of aliphatic hydroxyl groups is 1. The molecule has 108 valence electrons. The summed E-state index contributed by atoms with van der Waals surface area (Å²) in [4.78, 5) is 10.9. The molecule has 1 rings (SSSR count). The van der Waals surface area contributed by atoms with Crippen molar-refractivity contribution in [2.75, 3.05) is 18.4 Å². The number of ether oxygens (including phenoxy) is 1. The fourth-order valence-electron chi connectivity index (χ4n) is 1.33. The third-order valence-electron chi connectivity index (χ3n) is 2.18. The van der Waals surface area contributed by atoms with Gasteiger partial charge in [-0.3, -0.25) is 4.72 Å². The van der Waals surface area contributed by atoms with Gasteiger partial charge >= 0.3 is 16.3 Å². The zero-order chi connectivity index (χ0) is 15.2. The molecule has 0 atom stereocenters. The maximum absolute atomic E-state index is 11.6. The molecule has 1 aromatic carbocycles. The van der Waals surface area contributed by atoms with Gasteiger partial charge < -0.3 is 9.84 Å². The van der Waals surface area contributed by atoms with Gasteiger partial charge in [-0.05, 0) is 30.7 Å². The van der Waals surface area contributed by atoms with Crippen molar-refractivity contribution in [3.05, 3.63) is 29.3 Å². The van der Waals surface area contributed by atoms with Gasteiger partial charge in [0.2, 0.25) is 0 Å². The Morgan fingerprint density at radius 3 is 2.70 bits per heavy atom. The van der Waals surface area contributed by atoms with E-state index in [-0.39, 0.29) is 12.3 Å². The molecular weight excluding hydrogens is 284 g/mol. The molecule has 1 amide bonds. The summed E-state index contributed by atoms with van der Waals surface area (Å²) >= 11 is 0. The fourth-order valence-corrected chi connectivity index (χ4v) is 2.13. The van der Waals surface area contributed by atoms with Crippen molar-refractivity contribution in [2.45, 2.75) is 6.92 Å². The van der Waals surface area contributed by atoms with E-state index in [1.165, 1.54) is 6.07 Å². The van der Waals surface area contributed by atoms with Crippen molar-refractivity contribution in [1.82, 2.24) is 4.72 Å². The number of hydrogen-bond acceptors (Lipinski definition) is 5. The highest BCUT2D eigenvalue weighted by molar-refractivity contribution is 7.91. The summed E-state index contributed by atoms with van der Waals surface area (Å²) in [5.41, 5.74) is 1.67. The van der Waals surface area contributed by atoms with Crippen molar-refractivity contribution in [2.24, 2.45) is 0 Å². The molecule has 0 aromatic heterocycles. The molecule has 0 saturated heterocycles. The van der Waals surface area contributed by atoms with Crippen LogP contribution in [0.4, 0.5) is 10.5 Å². The maximum Gasteiger partial charge on any atom is 0.422 e. The highest BCUT2D eigenvalue weighted by atomic mass is 32.2. The number of hydrogen-bond donors (Lipinski definition) is 3. The van der Waals surface area contributed by atoms with Gasteiger partial charge in [-0.2, -0.15) is 8.42 Å². The first kappa shape index (κ1) is 15.8. The summed E-state index contributed by atoms with van der Waals surface area (Å²) in [6.07, 6.45) is -1.08. The Morgan fingerprint density at radius 1 is 1.45 bits per heavy atom. The lowest BCUT2D eigenvalue weighted by Crippen LogP contribution is -2.35. The van der Waals surface area contributed by atoms with E-state index in [0.29, 0.717) is 5.56 Å². The molecule has 8 heteroatoms. The van der Waals surface area contributed by atoms with E-state index >= 15 is 0 Å². The number of aliphatic hydroxyl groups excluding tert-OH is 1. The summed E-state index contributed by atoms with van der Waals surface area (Å²) in [6, 6.07) is 4.65. The Kier molecular flexibility index (Phi) is 5.37. The molecule has 0 heterocycles. The minimum Gasteiger partial charge on any atom is -0.452 e. The van der Waals surface area contributed by atoms with E-state index in [9.17, 15) is 13.2 Å². The molecule has 1 aromatic rings. The standard InChI is InChI=1S/C12H14N2O5S/c1-9-8-11(6-5-10(9)4-3-7-15)13-20(17,18)14-12(16)19-2/h5-6,8,13,15H,7H2,1-2H3,(H,14,16). The second kappa shape index (κ2) is 6.79. The molecule has 0 spiro atoms. The first-order chi connectivity index (χ1) is 9.38. The van der Waals surface area contributed by atoms with E-state index in [2.05, 4.69) is 21.3 Å². The highest BCUT2D eigenvalue weighted by Gasteiger charge is 2.14. The summed E-state index contributed by atoms with van der Waals surface area (Å²) in [5.74, 6) is 5.23. The quantitative estimate of drug-likeness (QED) is 0.698. The smallest absolute Gasteiger partial charge is 0.422 e. The molecule has 0 aliphatic heterocycles. The van der Waals surface area contributed by atoms with Gasteiger partial charge in [0.05, 0.1) is 12.8 Å². The predicted octanol–water partition coefficient (Wildman–Crippen LogP) is 0.352. The molecule has 7 nitrogen and oxygen atoms in total. The number of carbonyl (C=O) groups excluding carboxylic acids is 1. The third kappa shape index (κ3) is 4.79. The van der Waals surface area contributed by atoms with Crippen molar-refractivity contribution in [3.63, 3.8) is 0 Å². The molecule has 0 radical (unpaired) electrons. The second-order valence-electron chi connectivity index (χ2n) is 3.69. The first-order valence-corrected chi connectivity index (χ1v) is 6.95. The molecule has 0 aliphatic carbocycles. The average molecular weight is 298 g/mol. The minimum atomic E-state index is -4.04. The SMILES string of the molecule is COC(=O)NS(=O)(=O)Nc1ccc(C#CCO)c(C)c1. The number of benzene rings is 1. The van der Waals surface area contributed by atoms with Crippen LogP contribution >= 0.6 is 0 Å². The van der Waals surface area contributed by atoms with Gasteiger partial charge in [-0.25, -0.2) is 9.52 Å². The second-order valence-corrected chi connectivity index (χ2v) is 5.10. The molecule has 0 bridgehead atoms. The van der Waals surface area contributed by atoms with Crippen LogP contribution in [-0.2, 0) is 14.9 Å². The van der Waals surface area contributed by atoms with Crippen LogP contribution in [0.25, 0.3) is 0 Å². The molecule has 0 aliphatic rings. The monoisotopic (exact) mass is 298 g/mol. The van der Waals surface area contributed by atoms with Crippen LogP contribution in [0.5, 0.6) is 0 Å². The molecular formula is C12H14N2O5S. The number of amides is 1. The fraction of sp³-hybridized carbons (Fsp3) is 0.250. The maximum atomic E-state index is 11.6. The highest BCUT2D eigenvalue weighted by Crippen LogP contribution is 2.15. The molecule has 20 heavy (non-hydrogen) atoms. The van der Waals surface area contributed by atoms with Crippen LogP contribution in [0.3, 0.4) is 0 Å². The summed E-state index contributed by atoms with van der Waals surface area (Å²) in [7, 11) is -2.98. The van der Waals surface area contributed by atoms with Crippen molar-refractivity contribution in [1.29, 1.82) is 0 Å². The van der Waals surface area contributed by atoms with Gasteiger partial charge in [0.25, 0.3) is 0 Å². The normalized spacial score (nSPS) is 10.2. The third-order valence-corrected chi connectivity index (χ3v) is 3.12. The molecule has 0 saturated carbocycles. The number of methoxy groups -OCH3 is 1. The van der Waals surface area contributed by atoms with E-state index in [1.54, 1.807) is 23.8 Å². The zero-order valence-corrected chi connectivity index (χ0v) is 11.7. The number of nitrogens with one attached hydrogen (secondary N) is 2. The lowest BCUT2D eigenvalue weighted by atomic mass is 10.1. The van der Waals surface area contributed by atoms with Crippen molar-refractivity contribution in [3.8, 4) is 11.8 Å². The summed E-state index contributed by atoms with van der Waals surface area (Å²) in [5, 5.41) is 8.62. The van der Waals surface area contributed by atoms with Gasteiger partial charge in [0.15, 0.2) is 0 Å². The number of anilines is 1. The lowest BCUT2D eigenvalue weighted by molar-refractivity contribution is 0.177. The Morgan fingerprint density at radius 2 is 2.15 bits per heavy atom. The Hall–Kier alpha value is -2.24. The first-order valence-electron chi connectivity index (χ1n) is 5.47. The van der Waals surface area contributed by atoms with E-state index in [4.69, 9.17) is 5.11 Å². The van der Waals surface area contributed by atoms with Crippen LogP contribution in [0.15, 0.2) is 18.2 Å². The molecule has 0 unspecified atom stereocenters. The van der Waals surface area contributed by atoms with E-state index in [1.807, 2.05) is 0 Å².